The van der Waals surface area contributed by atoms with E-state index < -0.39 is 0 Å². The van der Waals surface area contributed by atoms with E-state index in [0.717, 1.165) is 0 Å². The molecule has 0 aromatic heterocycles. The first-order chi connectivity index (χ1) is 18.3. The monoisotopic (exact) mass is 494 g/mol. The van der Waals surface area contributed by atoms with Crippen LogP contribution in [0.5, 0.6) is 0 Å². The van der Waals surface area contributed by atoms with Gasteiger partial charge in [0.25, 0.3) is 6.71 Å². The molecule has 188 valence electrons. The highest BCUT2D eigenvalue weighted by Gasteiger charge is 2.61. The number of nitrogens with zero attached hydrogens (tertiary/aromatic N) is 2. The molecule has 2 unspecified atom stereocenters. The van der Waals surface area contributed by atoms with Gasteiger partial charge in [0.2, 0.25) is 0 Å². The minimum atomic E-state index is 0.0811. The van der Waals surface area contributed by atoms with Crippen molar-refractivity contribution >= 4 is 51.5 Å². The highest BCUT2D eigenvalue weighted by molar-refractivity contribution is 7.00. The van der Waals surface area contributed by atoms with Crippen LogP contribution in [0.4, 0.5) is 28.4 Å². The van der Waals surface area contributed by atoms with Gasteiger partial charge < -0.3 is 9.80 Å². The third-order valence-corrected chi connectivity index (χ3v) is 10.5. The Hall–Kier alpha value is -3.46. The van der Waals surface area contributed by atoms with Gasteiger partial charge in [-0.25, -0.2) is 0 Å². The van der Waals surface area contributed by atoms with E-state index in [2.05, 4.69) is 117 Å². The fourth-order valence-electron chi connectivity index (χ4n) is 8.52. The number of rotatable bonds is 1. The maximum absolute atomic E-state index is 2.81. The van der Waals surface area contributed by atoms with Gasteiger partial charge in [-0.1, -0.05) is 78.9 Å². The van der Waals surface area contributed by atoms with Crippen LogP contribution in [0, 0.1) is 20.8 Å². The number of hydrogen-bond acceptors (Lipinski definition) is 2. The molecule has 0 saturated heterocycles. The van der Waals surface area contributed by atoms with Gasteiger partial charge in [0.05, 0.1) is 5.54 Å². The van der Waals surface area contributed by atoms with Crippen molar-refractivity contribution in [1.82, 2.24) is 0 Å². The Labute approximate surface area is 227 Å². The second-order valence-electron chi connectivity index (χ2n) is 12.8. The predicted octanol–water partition coefficient (Wildman–Crippen LogP) is 6.97. The summed E-state index contributed by atoms with van der Waals surface area (Å²) in [6.07, 6.45) is 5.13. The van der Waals surface area contributed by atoms with Gasteiger partial charge in [0, 0.05) is 33.9 Å². The van der Waals surface area contributed by atoms with Crippen LogP contribution < -0.4 is 26.2 Å². The van der Waals surface area contributed by atoms with Crippen LogP contribution in [0.1, 0.15) is 61.8 Å². The van der Waals surface area contributed by atoms with Crippen molar-refractivity contribution in [1.29, 1.82) is 0 Å². The van der Waals surface area contributed by atoms with Crippen molar-refractivity contribution in [2.45, 2.75) is 71.3 Å². The lowest BCUT2D eigenvalue weighted by molar-refractivity contribution is 0.195. The maximum Gasteiger partial charge on any atom is 0.252 e. The van der Waals surface area contributed by atoms with Crippen LogP contribution in [0.15, 0.2) is 72.8 Å². The van der Waals surface area contributed by atoms with Crippen LogP contribution in [0.25, 0.3) is 0 Å². The highest BCUT2D eigenvalue weighted by atomic mass is 15.3. The number of aryl methyl sites for hydroxylation is 3. The van der Waals surface area contributed by atoms with Crippen LogP contribution in [-0.4, -0.2) is 12.3 Å². The first-order valence-corrected chi connectivity index (χ1v) is 14.4. The highest BCUT2D eigenvalue weighted by Crippen LogP contribution is 2.61. The lowest BCUT2D eigenvalue weighted by Gasteiger charge is -2.52. The molecule has 0 amide bonds. The summed E-state index contributed by atoms with van der Waals surface area (Å²) >= 11 is 0. The standard InChI is InChI=1S/C35H35BN2/c1-22-11-14-25(15-12-22)37-29-16-13-23(2)20-27(29)36-28-21-24(3)19-26-33(28)38(31-10-8-9-30(37)32(31)36)35(5)18-7-6-17-34(26,35)4/h8-16,19-21H,6-7,17-18H2,1-5H3. The predicted molar refractivity (Wildman–Crippen MR) is 163 cm³/mol. The number of fused-ring (bicyclic) bond motifs is 7. The Bertz CT molecular complexity index is 1650. The van der Waals surface area contributed by atoms with E-state index in [4.69, 9.17) is 0 Å². The molecule has 2 nitrogen and oxygen atoms in total. The van der Waals surface area contributed by atoms with Gasteiger partial charge in [-0.2, -0.15) is 0 Å². The fraction of sp³-hybridized carbons (Fsp3) is 0.314. The van der Waals surface area contributed by atoms with E-state index in [1.165, 1.54) is 87.2 Å². The van der Waals surface area contributed by atoms with Gasteiger partial charge in [-0.15, -0.1) is 0 Å². The molecular formula is C35H35BN2. The number of anilines is 5. The summed E-state index contributed by atoms with van der Waals surface area (Å²) in [5.41, 5.74) is 17.1. The molecule has 1 fully saturated rings. The summed E-state index contributed by atoms with van der Waals surface area (Å²) in [5, 5.41) is 0. The molecule has 4 aromatic carbocycles. The topological polar surface area (TPSA) is 6.48 Å². The average Bonchev–Trinajstić information content (AvgIpc) is 3.11. The Morgan fingerprint density at radius 3 is 2.21 bits per heavy atom. The summed E-state index contributed by atoms with van der Waals surface area (Å²) in [6.45, 7) is 12.1. The summed E-state index contributed by atoms with van der Waals surface area (Å²) in [4.78, 5) is 5.32. The Morgan fingerprint density at radius 1 is 0.684 bits per heavy atom. The zero-order chi connectivity index (χ0) is 26.0. The number of hydrogen-bond donors (Lipinski definition) is 0. The molecule has 0 N–H and O–H groups in total. The molecule has 0 radical (unpaired) electrons. The molecular weight excluding hydrogens is 459 g/mol. The molecule has 4 aliphatic rings. The van der Waals surface area contributed by atoms with E-state index in [1.807, 2.05) is 0 Å². The molecule has 2 atom stereocenters. The van der Waals surface area contributed by atoms with Crippen LogP contribution >= 0.6 is 0 Å². The Balaban J connectivity index is 1.50. The van der Waals surface area contributed by atoms with Crippen molar-refractivity contribution in [2.75, 3.05) is 9.80 Å². The van der Waals surface area contributed by atoms with Gasteiger partial charge in [0.1, 0.15) is 0 Å². The van der Waals surface area contributed by atoms with Gasteiger partial charge in [0.15, 0.2) is 0 Å². The van der Waals surface area contributed by atoms with Crippen molar-refractivity contribution in [2.24, 2.45) is 0 Å². The second-order valence-corrected chi connectivity index (χ2v) is 12.8. The van der Waals surface area contributed by atoms with Crippen molar-refractivity contribution in [3.8, 4) is 0 Å². The van der Waals surface area contributed by atoms with E-state index in [0.29, 0.717) is 0 Å². The Morgan fingerprint density at radius 2 is 1.39 bits per heavy atom. The molecule has 8 rings (SSSR count). The van der Waals surface area contributed by atoms with Crippen molar-refractivity contribution < 1.29 is 0 Å². The van der Waals surface area contributed by atoms with Crippen molar-refractivity contribution in [3.05, 3.63) is 95.1 Å². The summed E-state index contributed by atoms with van der Waals surface area (Å²) < 4.78 is 0. The number of benzene rings is 4. The van der Waals surface area contributed by atoms with Gasteiger partial charge in [-0.05, 0) is 92.8 Å². The van der Waals surface area contributed by atoms with E-state index >= 15 is 0 Å². The normalized spacial score (nSPS) is 24.1. The smallest absolute Gasteiger partial charge is 0.252 e. The lowest BCUT2D eigenvalue weighted by atomic mass is 9.33. The molecule has 4 aromatic rings. The largest absolute Gasteiger partial charge is 0.335 e. The summed E-state index contributed by atoms with van der Waals surface area (Å²) in [5.74, 6) is 0. The minimum absolute atomic E-state index is 0.0811. The van der Waals surface area contributed by atoms with Gasteiger partial charge >= 0.3 is 0 Å². The zero-order valence-electron chi connectivity index (χ0n) is 23.2. The van der Waals surface area contributed by atoms with E-state index in [1.54, 1.807) is 5.56 Å². The van der Waals surface area contributed by atoms with Crippen molar-refractivity contribution in [3.63, 3.8) is 0 Å². The first-order valence-electron chi connectivity index (χ1n) is 14.4. The second kappa shape index (κ2) is 7.35. The molecule has 38 heavy (non-hydrogen) atoms. The summed E-state index contributed by atoms with van der Waals surface area (Å²) in [7, 11) is 0. The maximum atomic E-state index is 2.81. The molecule has 1 saturated carbocycles. The average molecular weight is 494 g/mol. The van der Waals surface area contributed by atoms with Crippen LogP contribution in [0.3, 0.4) is 0 Å². The molecule has 0 spiro atoms. The summed E-state index contributed by atoms with van der Waals surface area (Å²) in [6, 6.07) is 28.2. The van der Waals surface area contributed by atoms with E-state index in [9.17, 15) is 0 Å². The molecule has 3 heteroatoms. The lowest BCUT2D eigenvalue weighted by Crippen LogP contribution is -2.64. The minimum Gasteiger partial charge on any atom is -0.335 e. The molecule has 3 aliphatic heterocycles. The van der Waals surface area contributed by atoms with E-state index in [-0.39, 0.29) is 17.7 Å². The third kappa shape index (κ3) is 2.60. The molecule has 3 heterocycles. The SMILES string of the molecule is Cc1ccc(N2c3ccc(C)cc3B3c4cc(C)cc5c4N(c4cccc2c43)C2(C)CCCCC52C)cc1. The molecule has 0 bridgehead atoms. The van der Waals surface area contributed by atoms with Crippen LogP contribution in [-0.2, 0) is 5.41 Å². The van der Waals surface area contributed by atoms with Gasteiger partial charge in [-0.3, -0.25) is 0 Å². The fourth-order valence-corrected chi connectivity index (χ4v) is 8.52. The Kier molecular flexibility index (Phi) is 4.35. The quantitative estimate of drug-likeness (QED) is 0.232. The zero-order valence-corrected chi connectivity index (χ0v) is 23.2. The van der Waals surface area contributed by atoms with Crippen LogP contribution in [0.2, 0.25) is 0 Å². The molecule has 1 aliphatic carbocycles. The third-order valence-electron chi connectivity index (χ3n) is 10.5. The first kappa shape index (κ1) is 22.5.